The van der Waals surface area contributed by atoms with Crippen LogP contribution in [0.4, 0.5) is 0 Å². The molecule has 1 fully saturated rings. The SMILES string of the molecule is COC(=O)C(C)(C)NC(=O)C1CCC(CN)O1. The van der Waals surface area contributed by atoms with Crippen molar-refractivity contribution in [3.8, 4) is 0 Å². The minimum absolute atomic E-state index is 0.0630. The zero-order chi connectivity index (χ0) is 13.1. The van der Waals surface area contributed by atoms with Gasteiger partial charge in [-0.15, -0.1) is 0 Å². The van der Waals surface area contributed by atoms with Crippen molar-refractivity contribution in [3.63, 3.8) is 0 Å². The molecule has 0 aromatic heterocycles. The molecule has 1 saturated heterocycles. The summed E-state index contributed by atoms with van der Waals surface area (Å²) in [5, 5.41) is 2.61. The second-order valence-corrected chi connectivity index (χ2v) is 4.67. The van der Waals surface area contributed by atoms with Crippen LogP contribution in [0.2, 0.25) is 0 Å². The van der Waals surface area contributed by atoms with Gasteiger partial charge in [-0.25, -0.2) is 4.79 Å². The van der Waals surface area contributed by atoms with Crippen molar-refractivity contribution < 1.29 is 19.1 Å². The maximum atomic E-state index is 11.9. The highest BCUT2D eigenvalue weighted by molar-refractivity contribution is 5.89. The summed E-state index contributed by atoms with van der Waals surface area (Å²) < 4.78 is 10.0. The molecule has 1 heterocycles. The number of carbonyl (C=O) groups is 2. The fraction of sp³-hybridized carbons (Fsp3) is 0.818. The van der Waals surface area contributed by atoms with Gasteiger partial charge in [0.15, 0.2) is 0 Å². The summed E-state index contributed by atoms with van der Waals surface area (Å²) >= 11 is 0. The van der Waals surface area contributed by atoms with Crippen LogP contribution in [0.1, 0.15) is 26.7 Å². The van der Waals surface area contributed by atoms with Crippen LogP contribution in [0.3, 0.4) is 0 Å². The first kappa shape index (κ1) is 13.9. The van der Waals surface area contributed by atoms with Crippen molar-refractivity contribution >= 4 is 11.9 Å². The Labute approximate surface area is 101 Å². The molecule has 1 aliphatic heterocycles. The molecule has 17 heavy (non-hydrogen) atoms. The van der Waals surface area contributed by atoms with Crippen LogP contribution >= 0.6 is 0 Å². The van der Waals surface area contributed by atoms with Crippen LogP contribution in [0.25, 0.3) is 0 Å². The van der Waals surface area contributed by atoms with Crippen LogP contribution in [0.5, 0.6) is 0 Å². The lowest BCUT2D eigenvalue weighted by Crippen LogP contribution is -2.53. The van der Waals surface area contributed by atoms with Gasteiger partial charge in [0.25, 0.3) is 0 Å². The molecule has 0 bridgehead atoms. The van der Waals surface area contributed by atoms with E-state index >= 15 is 0 Å². The molecule has 0 saturated carbocycles. The van der Waals surface area contributed by atoms with Crippen molar-refractivity contribution in [2.24, 2.45) is 5.73 Å². The number of hydrogen-bond acceptors (Lipinski definition) is 5. The van der Waals surface area contributed by atoms with Crippen LogP contribution < -0.4 is 11.1 Å². The minimum atomic E-state index is -1.05. The van der Waals surface area contributed by atoms with E-state index in [0.29, 0.717) is 13.0 Å². The molecule has 2 unspecified atom stereocenters. The van der Waals surface area contributed by atoms with Gasteiger partial charge in [-0.05, 0) is 26.7 Å². The maximum Gasteiger partial charge on any atom is 0.330 e. The Bertz CT molecular complexity index is 304. The van der Waals surface area contributed by atoms with E-state index in [-0.39, 0.29) is 12.0 Å². The molecule has 0 aliphatic carbocycles. The smallest absolute Gasteiger partial charge is 0.330 e. The van der Waals surface area contributed by atoms with Crippen LogP contribution in [0.15, 0.2) is 0 Å². The summed E-state index contributed by atoms with van der Waals surface area (Å²) in [6.07, 6.45) is 0.817. The van der Waals surface area contributed by atoms with E-state index in [2.05, 4.69) is 10.1 Å². The number of rotatable bonds is 4. The van der Waals surface area contributed by atoms with Crippen molar-refractivity contribution in [1.82, 2.24) is 5.32 Å². The summed E-state index contributed by atoms with van der Waals surface area (Å²) in [5.74, 6) is -0.782. The number of ether oxygens (including phenoxy) is 2. The summed E-state index contributed by atoms with van der Waals surface area (Å²) in [6.45, 7) is 3.59. The Morgan fingerprint density at radius 1 is 1.47 bits per heavy atom. The molecule has 0 aromatic rings. The molecule has 6 nitrogen and oxygen atoms in total. The third-order valence-electron chi connectivity index (χ3n) is 2.79. The highest BCUT2D eigenvalue weighted by Gasteiger charge is 2.36. The molecular weight excluding hydrogens is 224 g/mol. The molecule has 1 aliphatic rings. The normalized spacial score (nSPS) is 24.5. The first-order valence-corrected chi connectivity index (χ1v) is 5.66. The maximum absolute atomic E-state index is 11.9. The van der Waals surface area contributed by atoms with E-state index in [0.717, 1.165) is 6.42 Å². The first-order chi connectivity index (χ1) is 7.90. The summed E-state index contributed by atoms with van der Waals surface area (Å²) in [4.78, 5) is 23.3. The van der Waals surface area contributed by atoms with Gasteiger partial charge < -0.3 is 20.5 Å². The van der Waals surface area contributed by atoms with E-state index in [1.54, 1.807) is 13.8 Å². The fourth-order valence-corrected chi connectivity index (χ4v) is 1.77. The van der Waals surface area contributed by atoms with Gasteiger partial charge in [0.2, 0.25) is 5.91 Å². The third kappa shape index (κ3) is 3.41. The third-order valence-corrected chi connectivity index (χ3v) is 2.79. The highest BCUT2D eigenvalue weighted by Crippen LogP contribution is 2.19. The van der Waals surface area contributed by atoms with Gasteiger partial charge in [0.05, 0.1) is 13.2 Å². The Balaban J connectivity index is 2.52. The Kier molecular flexibility index (Phi) is 4.47. The van der Waals surface area contributed by atoms with Gasteiger partial charge in [-0.3, -0.25) is 4.79 Å². The van der Waals surface area contributed by atoms with E-state index in [1.807, 2.05) is 0 Å². The minimum Gasteiger partial charge on any atom is -0.467 e. The zero-order valence-electron chi connectivity index (χ0n) is 10.5. The molecule has 98 valence electrons. The Hall–Kier alpha value is -1.14. The quantitative estimate of drug-likeness (QED) is 0.654. The molecular formula is C11H20N2O4. The average molecular weight is 244 g/mol. The van der Waals surface area contributed by atoms with Crippen molar-refractivity contribution in [1.29, 1.82) is 0 Å². The average Bonchev–Trinajstić information content (AvgIpc) is 2.75. The number of nitrogens with two attached hydrogens (primary N) is 1. The van der Waals surface area contributed by atoms with Gasteiger partial charge in [0, 0.05) is 6.54 Å². The van der Waals surface area contributed by atoms with E-state index < -0.39 is 17.6 Å². The van der Waals surface area contributed by atoms with Gasteiger partial charge in [-0.1, -0.05) is 0 Å². The van der Waals surface area contributed by atoms with Crippen molar-refractivity contribution in [2.75, 3.05) is 13.7 Å². The lowest BCUT2D eigenvalue weighted by atomic mass is 10.1. The topological polar surface area (TPSA) is 90.7 Å². The fourth-order valence-electron chi connectivity index (χ4n) is 1.77. The Morgan fingerprint density at radius 2 is 2.12 bits per heavy atom. The molecule has 1 amide bonds. The molecule has 0 radical (unpaired) electrons. The predicted octanol–water partition coefficient (Wildman–Crippen LogP) is -0.439. The Morgan fingerprint density at radius 3 is 2.59 bits per heavy atom. The van der Waals surface area contributed by atoms with Gasteiger partial charge in [-0.2, -0.15) is 0 Å². The van der Waals surface area contributed by atoms with E-state index in [4.69, 9.17) is 10.5 Å². The molecule has 0 aromatic carbocycles. The predicted molar refractivity (Wildman–Crippen MR) is 61.2 cm³/mol. The molecule has 1 rings (SSSR count). The second kappa shape index (κ2) is 5.46. The van der Waals surface area contributed by atoms with Crippen LogP contribution in [0, 0.1) is 0 Å². The van der Waals surface area contributed by atoms with E-state index in [9.17, 15) is 9.59 Å². The number of esters is 1. The molecule has 6 heteroatoms. The van der Waals surface area contributed by atoms with Crippen molar-refractivity contribution in [2.45, 2.75) is 44.4 Å². The molecule has 2 atom stereocenters. The lowest BCUT2D eigenvalue weighted by Gasteiger charge is -2.24. The van der Waals surface area contributed by atoms with Gasteiger partial charge in [0.1, 0.15) is 11.6 Å². The second-order valence-electron chi connectivity index (χ2n) is 4.67. The summed E-state index contributed by atoms with van der Waals surface area (Å²) in [6, 6.07) is 0. The first-order valence-electron chi connectivity index (χ1n) is 5.66. The summed E-state index contributed by atoms with van der Waals surface area (Å²) in [7, 11) is 1.28. The number of amides is 1. The number of carbonyl (C=O) groups excluding carboxylic acids is 2. The van der Waals surface area contributed by atoms with Crippen LogP contribution in [-0.4, -0.2) is 43.3 Å². The summed E-state index contributed by atoms with van der Waals surface area (Å²) in [5.41, 5.74) is 4.42. The largest absolute Gasteiger partial charge is 0.467 e. The highest BCUT2D eigenvalue weighted by atomic mass is 16.5. The van der Waals surface area contributed by atoms with Crippen LogP contribution in [-0.2, 0) is 19.1 Å². The van der Waals surface area contributed by atoms with Crippen molar-refractivity contribution in [3.05, 3.63) is 0 Å². The molecule has 0 spiro atoms. The van der Waals surface area contributed by atoms with E-state index in [1.165, 1.54) is 7.11 Å². The standard InChI is InChI=1S/C11H20N2O4/c1-11(2,10(15)16-3)13-9(14)8-5-4-7(6-12)17-8/h7-8H,4-6,12H2,1-3H3,(H,13,14). The molecule has 3 N–H and O–H groups in total. The lowest BCUT2D eigenvalue weighted by molar-refractivity contribution is -0.151. The number of nitrogens with one attached hydrogen (secondary N) is 1. The zero-order valence-corrected chi connectivity index (χ0v) is 10.5. The van der Waals surface area contributed by atoms with Gasteiger partial charge >= 0.3 is 5.97 Å². The monoisotopic (exact) mass is 244 g/mol. The number of methoxy groups -OCH3 is 1. The number of hydrogen-bond donors (Lipinski definition) is 2.